The van der Waals surface area contributed by atoms with Crippen LogP contribution in [0.15, 0.2) is 0 Å². The second kappa shape index (κ2) is 15.9. The Morgan fingerprint density at radius 2 is 1.42 bits per heavy atom. The Labute approximate surface area is 117 Å². The molecule has 0 bridgehead atoms. The summed E-state index contributed by atoms with van der Waals surface area (Å²) in [6.07, 6.45) is 3.70. The zero-order valence-corrected chi connectivity index (χ0v) is 12.6. The van der Waals surface area contributed by atoms with Gasteiger partial charge in [0.15, 0.2) is 0 Å². The first-order valence-electron chi connectivity index (χ1n) is 7.17. The van der Waals surface area contributed by atoms with E-state index in [1.807, 2.05) is 0 Å². The molecule has 0 saturated carbocycles. The third kappa shape index (κ3) is 17.8. The number of aliphatic hydroxyl groups excluding tert-OH is 4. The van der Waals surface area contributed by atoms with Crippen molar-refractivity contribution in [2.45, 2.75) is 58.7 Å². The molecule has 0 aliphatic rings. The van der Waals surface area contributed by atoms with Crippen molar-refractivity contribution in [3.63, 3.8) is 0 Å². The predicted octanol–water partition coefficient (Wildman–Crippen LogP) is 0.932. The van der Waals surface area contributed by atoms with Crippen molar-refractivity contribution >= 4 is 0 Å². The summed E-state index contributed by atoms with van der Waals surface area (Å²) >= 11 is 0. The van der Waals surface area contributed by atoms with Gasteiger partial charge in [0, 0.05) is 0 Å². The van der Waals surface area contributed by atoms with E-state index < -0.39 is 12.2 Å². The molecule has 5 heteroatoms. The molecule has 0 spiro atoms. The van der Waals surface area contributed by atoms with Gasteiger partial charge >= 0.3 is 0 Å². The van der Waals surface area contributed by atoms with Crippen molar-refractivity contribution in [1.82, 2.24) is 0 Å². The van der Waals surface area contributed by atoms with Gasteiger partial charge < -0.3 is 25.2 Å². The van der Waals surface area contributed by atoms with Gasteiger partial charge in [-0.3, -0.25) is 0 Å². The molecular weight excluding hydrogens is 248 g/mol. The molecule has 4 N–H and O–H groups in total. The van der Waals surface area contributed by atoms with E-state index in [2.05, 4.69) is 20.8 Å². The maximum atomic E-state index is 8.72. The number of unbranched alkanes of at least 4 members (excludes halogenated alkanes) is 1. The molecule has 0 aliphatic carbocycles. The van der Waals surface area contributed by atoms with Gasteiger partial charge in [-0.2, -0.15) is 0 Å². The number of aliphatic hydroxyl groups is 4. The van der Waals surface area contributed by atoms with Crippen LogP contribution in [0.2, 0.25) is 0 Å². The molecule has 0 heterocycles. The van der Waals surface area contributed by atoms with E-state index in [9.17, 15) is 0 Å². The average Bonchev–Trinajstić information content (AvgIpc) is 2.44. The van der Waals surface area contributed by atoms with Crippen LogP contribution in [0, 0.1) is 5.92 Å². The second-order valence-corrected chi connectivity index (χ2v) is 4.87. The lowest BCUT2D eigenvalue weighted by Crippen LogP contribution is -2.25. The molecule has 0 aromatic heterocycles. The molecule has 0 rings (SSSR count). The Hall–Kier alpha value is -0.200. The molecule has 0 aromatic rings. The maximum Gasteiger partial charge on any atom is 0.100 e. The molecule has 0 amide bonds. The fraction of sp³-hybridized carbons (Fsp3) is 1.00. The summed E-state index contributed by atoms with van der Waals surface area (Å²) in [6.45, 7) is 6.05. The van der Waals surface area contributed by atoms with Gasteiger partial charge in [-0.1, -0.05) is 46.5 Å². The molecule has 3 atom stereocenters. The van der Waals surface area contributed by atoms with Crippen LogP contribution >= 0.6 is 0 Å². The molecule has 19 heavy (non-hydrogen) atoms. The topological polar surface area (TPSA) is 90.2 Å². The normalized spacial score (nSPS) is 15.3. The lowest BCUT2D eigenvalue weighted by atomic mass is 10.0. The third-order valence-electron chi connectivity index (χ3n) is 2.79. The van der Waals surface area contributed by atoms with Crippen molar-refractivity contribution in [2.24, 2.45) is 5.92 Å². The summed E-state index contributed by atoms with van der Waals surface area (Å²) in [6, 6.07) is 0. The second-order valence-electron chi connectivity index (χ2n) is 4.87. The minimum Gasteiger partial charge on any atom is -0.394 e. The van der Waals surface area contributed by atoms with Crippen molar-refractivity contribution in [3.05, 3.63) is 0 Å². The highest BCUT2D eigenvalue weighted by molar-refractivity contribution is 4.52. The fourth-order valence-electron chi connectivity index (χ4n) is 1.20. The maximum absolute atomic E-state index is 8.72. The highest BCUT2D eigenvalue weighted by Gasteiger charge is 2.04. The molecule has 0 radical (unpaired) electrons. The lowest BCUT2D eigenvalue weighted by molar-refractivity contribution is -0.0364. The van der Waals surface area contributed by atoms with Crippen LogP contribution in [-0.2, 0) is 4.74 Å². The van der Waals surface area contributed by atoms with Crippen LogP contribution in [0.4, 0.5) is 0 Å². The van der Waals surface area contributed by atoms with Crippen LogP contribution in [0.5, 0.6) is 0 Å². The first kappa shape index (κ1) is 21.1. The Balaban J connectivity index is 0. The van der Waals surface area contributed by atoms with E-state index in [1.165, 1.54) is 25.7 Å². The highest BCUT2D eigenvalue weighted by Crippen LogP contribution is 2.09. The fourth-order valence-corrected chi connectivity index (χ4v) is 1.20. The van der Waals surface area contributed by atoms with Gasteiger partial charge in [-0.25, -0.2) is 0 Å². The van der Waals surface area contributed by atoms with Crippen LogP contribution < -0.4 is 0 Å². The van der Waals surface area contributed by atoms with Crippen molar-refractivity contribution in [3.8, 4) is 0 Å². The molecule has 0 aromatic carbocycles. The number of hydrogen-bond acceptors (Lipinski definition) is 5. The molecular formula is C14H32O5. The average molecular weight is 280 g/mol. The molecule has 0 aliphatic heterocycles. The first-order chi connectivity index (χ1) is 9.01. The Morgan fingerprint density at radius 3 is 1.74 bits per heavy atom. The van der Waals surface area contributed by atoms with Crippen molar-refractivity contribution < 1.29 is 25.2 Å². The van der Waals surface area contributed by atoms with Gasteiger partial charge in [0.1, 0.15) is 12.2 Å². The SMILES string of the molecule is CCCCC(C)CC.OCC(O)COCC(O)CO. The van der Waals surface area contributed by atoms with Crippen LogP contribution in [0.1, 0.15) is 46.5 Å². The van der Waals surface area contributed by atoms with Gasteiger partial charge in [0.25, 0.3) is 0 Å². The summed E-state index contributed by atoms with van der Waals surface area (Å²) in [5, 5.41) is 34.1. The zero-order valence-electron chi connectivity index (χ0n) is 12.6. The number of hydrogen-bond donors (Lipinski definition) is 4. The van der Waals surface area contributed by atoms with Crippen molar-refractivity contribution in [1.29, 1.82) is 0 Å². The molecule has 5 nitrogen and oxygen atoms in total. The molecule has 0 fully saturated rings. The van der Waals surface area contributed by atoms with Gasteiger partial charge in [0.2, 0.25) is 0 Å². The van der Waals surface area contributed by atoms with E-state index in [0.717, 1.165) is 5.92 Å². The lowest BCUT2D eigenvalue weighted by Gasteiger charge is -2.10. The summed E-state index contributed by atoms with van der Waals surface area (Å²) in [5.41, 5.74) is 0. The smallest absolute Gasteiger partial charge is 0.100 e. The van der Waals surface area contributed by atoms with Crippen LogP contribution in [0.3, 0.4) is 0 Å². The number of ether oxygens (including phenoxy) is 1. The van der Waals surface area contributed by atoms with E-state index in [4.69, 9.17) is 25.2 Å². The summed E-state index contributed by atoms with van der Waals surface area (Å²) < 4.78 is 4.72. The van der Waals surface area contributed by atoms with Gasteiger partial charge in [-0.05, 0) is 5.92 Å². The van der Waals surface area contributed by atoms with E-state index in [1.54, 1.807) is 0 Å². The minimum absolute atomic E-state index is 0.0342. The summed E-state index contributed by atoms with van der Waals surface area (Å²) in [5.74, 6) is 0.954. The Kier molecular flexibility index (Phi) is 17.6. The van der Waals surface area contributed by atoms with Crippen LogP contribution in [0.25, 0.3) is 0 Å². The van der Waals surface area contributed by atoms with Gasteiger partial charge in [0.05, 0.1) is 26.4 Å². The Bertz CT molecular complexity index is 156. The minimum atomic E-state index is -0.916. The standard InChI is InChI=1S/C8H18.C6H14O5/c1-4-6-7-8(3)5-2;7-1-5(9)3-11-4-6(10)2-8/h8H,4-7H2,1-3H3;5-10H,1-4H2. The third-order valence-corrected chi connectivity index (χ3v) is 2.79. The monoisotopic (exact) mass is 280 g/mol. The molecule has 0 saturated heterocycles. The predicted molar refractivity (Wildman–Crippen MR) is 76.0 cm³/mol. The van der Waals surface area contributed by atoms with E-state index >= 15 is 0 Å². The van der Waals surface area contributed by atoms with E-state index in [0.29, 0.717) is 0 Å². The largest absolute Gasteiger partial charge is 0.394 e. The number of rotatable bonds is 10. The molecule has 3 unspecified atom stereocenters. The Morgan fingerprint density at radius 1 is 0.947 bits per heavy atom. The molecule has 118 valence electrons. The quantitative estimate of drug-likeness (QED) is 0.478. The van der Waals surface area contributed by atoms with Crippen LogP contribution in [-0.4, -0.2) is 59.1 Å². The van der Waals surface area contributed by atoms with Gasteiger partial charge in [-0.15, -0.1) is 0 Å². The zero-order chi connectivity index (χ0) is 15.1. The summed E-state index contributed by atoms with van der Waals surface area (Å²) in [4.78, 5) is 0. The first-order valence-corrected chi connectivity index (χ1v) is 7.17. The highest BCUT2D eigenvalue weighted by atomic mass is 16.5. The summed E-state index contributed by atoms with van der Waals surface area (Å²) in [7, 11) is 0. The van der Waals surface area contributed by atoms with E-state index in [-0.39, 0.29) is 26.4 Å². The van der Waals surface area contributed by atoms with Crippen molar-refractivity contribution in [2.75, 3.05) is 26.4 Å².